The molecule has 0 saturated heterocycles. The number of aryl methyl sites for hydroxylation is 1. The summed E-state index contributed by atoms with van der Waals surface area (Å²) in [7, 11) is 0. The molecule has 0 aliphatic heterocycles. The third kappa shape index (κ3) is 3.48. The average molecular weight is 323 g/mol. The van der Waals surface area contributed by atoms with Crippen LogP contribution in [-0.2, 0) is 0 Å². The molecule has 0 fully saturated rings. The summed E-state index contributed by atoms with van der Waals surface area (Å²) < 4.78 is 5.18. The van der Waals surface area contributed by atoms with Gasteiger partial charge in [0.15, 0.2) is 0 Å². The summed E-state index contributed by atoms with van der Waals surface area (Å²) in [4.78, 5) is 12.6. The number of carbonyl (C=O) groups is 1. The highest BCUT2D eigenvalue weighted by Crippen LogP contribution is 2.31. The summed E-state index contributed by atoms with van der Waals surface area (Å²) in [6.45, 7) is 5.37. The van der Waals surface area contributed by atoms with Crippen molar-refractivity contribution in [3.63, 3.8) is 0 Å². The van der Waals surface area contributed by atoms with E-state index in [0.29, 0.717) is 34.0 Å². The van der Waals surface area contributed by atoms with Crippen molar-refractivity contribution in [1.82, 2.24) is 10.5 Å². The topological polar surface area (TPSA) is 75.4 Å². The minimum Gasteiger partial charge on any atom is -0.396 e. The first-order chi connectivity index (χ1) is 10.4. The van der Waals surface area contributed by atoms with Gasteiger partial charge in [0.2, 0.25) is 0 Å². The van der Waals surface area contributed by atoms with Crippen molar-refractivity contribution in [3.8, 4) is 11.3 Å². The van der Waals surface area contributed by atoms with Crippen molar-refractivity contribution >= 4 is 17.5 Å². The number of aliphatic hydroxyl groups is 1. The van der Waals surface area contributed by atoms with Crippen LogP contribution in [0.4, 0.5) is 0 Å². The van der Waals surface area contributed by atoms with Crippen LogP contribution in [0.5, 0.6) is 0 Å². The Morgan fingerprint density at radius 3 is 2.73 bits per heavy atom. The first kappa shape index (κ1) is 16.5. The van der Waals surface area contributed by atoms with E-state index in [-0.39, 0.29) is 12.5 Å². The van der Waals surface area contributed by atoms with Crippen LogP contribution in [0.25, 0.3) is 11.3 Å². The van der Waals surface area contributed by atoms with E-state index in [1.807, 2.05) is 26.0 Å². The van der Waals surface area contributed by atoms with Crippen LogP contribution in [0.1, 0.15) is 36.4 Å². The van der Waals surface area contributed by atoms with Gasteiger partial charge >= 0.3 is 0 Å². The molecule has 0 radical (unpaired) electrons. The zero-order chi connectivity index (χ0) is 16.3. The Morgan fingerprint density at radius 2 is 2.09 bits per heavy atom. The van der Waals surface area contributed by atoms with Crippen LogP contribution in [0.3, 0.4) is 0 Å². The van der Waals surface area contributed by atoms with Crippen molar-refractivity contribution in [2.45, 2.75) is 32.7 Å². The summed E-state index contributed by atoms with van der Waals surface area (Å²) in [6.07, 6.45) is 0.449. The molecule has 5 nitrogen and oxygen atoms in total. The zero-order valence-electron chi connectivity index (χ0n) is 12.8. The third-order valence-electron chi connectivity index (χ3n) is 3.41. The Kier molecular flexibility index (Phi) is 4.88. The van der Waals surface area contributed by atoms with Gasteiger partial charge in [-0.15, -0.1) is 0 Å². The molecular weight excluding hydrogens is 304 g/mol. The highest BCUT2D eigenvalue weighted by atomic mass is 35.5. The minimum atomic E-state index is -0.534. The van der Waals surface area contributed by atoms with E-state index in [1.54, 1.807) is 19.1 Å². The van der Waals surface area contributed by atoms with Crippen molar-refractivity contribution in [2.24, 2.45) is 0 Å². The van der Waals surface area contributed by atoms with Crippen LogP contribution in [0.2, 0.25) is 5.02 Å². The van der Waals surface area contributed by atoms with Gasteiger partial charge < -0.3 is 14.9 Å². The maximum atomic E-state index is 12.6. The van der Waals surface area contributed by atoms with Gasteiger partial charge in [0, 0.05) is 17.7 Å². The lowest BCUT2D eigenvalue weighted by Crippen LogP contribution is -2.44. The fourth-order valence-corrected chi connectivity index (χ4v) is 2.41. The molecule has 0 spiro atoms. The van der Waals surface area contributed by atoms with Gasteiger partial charge in [-0.1, -0.05) is 35.0 Å². The predicted octanol–water partition coefficient (Wildman–Crippen LogP) is 3.19. The molecule has 1 amide bonds. The first-order valence-corrected chi connectivity index (χ1v) is 7.38. The van der Waals surface area contributed by atoms with E-state index in [0.717, 1.165) is 0 Å². The first-order valence-electron chi connectivity index (χ1n) is 7.00. The summed E-state index contributed by atoms with van der Waals surface area (Å²) >= 11 is 6.18. The van der Waals surface area contributed by atoms with Gasteiger partial charge in [-0.25, -0.2) is 0 Å². The van der Waals surface area contributed by atoms with Crippen molar-refractivity contribution in [1.29, 1.82) is 0 Å². The molecule has 2 aromatic rings. The number of rotatable bonds is 5. The Bertz CT molecular complexity index is 680. The molecule has 0 atom stereocenters. The highest BCUT2D eigenvalue weighted by Gasteiger charge is 2.27. The van der Waals surface area contributed by atoms with Gasteiger partial charge in [-0.2, -0.15) is 0 Å². The number of halogens is 1. The van der Waals surface area contributed by atoms with Gasteiger partial charge in [0.05, 0.1) is 5.02 Å². The van der Waals surface area contributed by atoms with Crippen molar-refractivity contribution < 1.29 is 14.4 Å². The van der Waals surface area contributed by atoms with Crippen molar-refractivity contribution in [2.75, 3.05) is 6.61 Å². The van der Waals surface area contributed by atoms with E-state index < -0.39 is 5.54 Å². The summed E-state index contributed by atoms with van der Waals surface area (Å²) in [5, 5.41) is 16.4. The van der Waals surface area contributed by atoms with E-state index in [9.17, 15) is 4.79 Å². The number of aromatic nitrogens is 1. The van der Waals surface area contributed by atoms with E-state index in [1.165, 1.54) is 0 Å². The van der Waals surface area contributed by atoms with Crippen LogP contribution in [0.15, 0.2) is 28.8 Å². The van der Waals surface area contributed by atoms with Gasteiger partial charge in [-0.3, -0.25) is 4.79 Å². The average Bonchev–Trinajstić information content (AvgIpc) is 2.80. The maximum absolute atomic E-state index is 12.6. The van der Waals surface area contributed by atoms with Gasteiger partial charge in [0.25, 0.3) is 5.91 Å². The molecule has 1 aromatic heterocycles. The largest absolute Gasteiger partial charge is 0.396 e. The second kappa shape index (κ2) is 6.50. The highest BCUT2D eigenvalue weighted by molar-refractivity contribution is 6.33. The number of hydrogen-bond acceptors (Lipinski definition) is 4. The monoisotopic (exact) mass is 322 g/mol. The molecular formula is C16H19ClN2O3. The fourth-order valence-electron chi connectivity index (χ4n) is 2.19. The van der Waals surface area contributed by atoms with Gasteiger partial charge in [-0.05, 0) is 33.3 Å². The van der Waals surface area contributed by atoms with Crippen LogP contribution in [-0.4, -0.2) is 28.3 Å². The summed E-state index contributed by atoms with van der Waals surface area (Å²) in [6, 6.07) is 7.15. The molecule has 0 unspecified atom stereocenters. The Hall–Kier alpha value is -1.85. The minimum absolute atomic E-state index is 0.00668. The lowest BCUT2D eigenvalue weighted by molar-refractivity contribution is 0.0898. The standard InChI is InChI=1S/C16H19ClN2O3/c1-10-13(15(21)18-16(2,3)8-9-20)14(19-22-10)11-6-4-5-7-12(11)17/h4-7,20H,8-9H2,1-3H3,(H,18,21). The Morgan fingerprint density at radius 1 is 1.41 bits per heavy atom. The van der Waals surface area contributed by atoms with Crippen LogP contribution < -0.4 is 5.32 Å². The number of carbonyl (C=O) groups excluding carboxylic acids is 1. The van der Waals surface area contributed by atoms with E-state index >= 15 is 0 Å². The lowest BCUT2D eigenvalue weighted by atomic mass is 9.99. The quantitative estimate of drug-likeness (QED) is 0.886. The molecule has 0 saturated carbocycles. The Balaban J connectivity index is 2.39. The smallest absolute Gasteiger partial charge is 0.257 e. The normalized spacial score (nSPS) is 11.5. The van der Waals surface area contributed by atoms with Crippen LogP contribution in [0, 0.1) is 6.92 Å². The van der Waals surface area contributed by atoms with Crippen molar-refractivity contribution in [3.05, 3.63) is 40.6 Å². The predicted molar refractivity (Wildman–Crippen MR) is 84.9 cm³/mol. The number of nitrogens with one attached hydrogen (secondary N) is 1. The maximum Gasteiger partial charge on any atom is 0.257 e. The second-order valence-electron chi connectivity index (χ2n) is 5.75. The van der Waals surface area contributed by atoms with E-state index in [2.05, 4.69) is 10.5 Å². The fraction of sp³-hybridized carbons (Fsp3) is 0.375. The molecule has 0 bridgehead atoms. The number of nitrogens with zero attached hydrogens (tertiary/aromatic N) is 1. The lowest BCUT2D eigenvalue weighted by Gasteiger charge is -2.25. The molecule has 2 rings (SSSR count). The number of hydrogen-bond donors (Lipinski definition) is 2. The molecule has 2 N–H and O–H groups in total. The molecule has 22 heavy (non-hydrogen) atoms. The molecule has 1 aromatic carbocycles. The zero-order valence-corrected chi connectivity index (χ0v) is 13.6. The molecule has 6 heteroatoms. The summed E-state index contributed by atoms with van der Waals surface area (Å²) in [5.74, 6) is 0.124. The molecule has 118 valence electrons. The number of aliphatic hydroxyl groups excluding tert-OH is 1. The third-order valence-corrected chi connectivity index (χ3v) is 3.74. The van der Waals surface area contributed by atoms with Crippen LogP contribution >= 0.6 is 11.6 Å². The second-order valence-corrected chi connectivity index (χ2v) is 6.16. The molecule has 0 aliphatic rings. The Labute approximate surface area is 134 Å². The number of amides is 1. The van der Waals surface area contributed by atoms with Gasteiger partial charge in [0.1, 0.15) is 17.0 Å². The number of benzene rings is 1. The molecule has 1 heterocycles. The SMILES string of the molecule is Cc1onc(-c2ccccc2Cl)c1C(=O)NC(C)(C)CCO. The summed E-state index contributed by atoms with van der Waals surface area (Å²) in [5.41, 5.74) is 0.887. The molecule has 0 aliphatic carbocycles. The van der Waals surface area contributed by atoms with E-state index in [4.69, 9.17) is 21.2 Å².